The van der Waals surface area contributed by atoms with Crippen LogP contribution in [0.1, 0.15) is 5.56 Å². The zero-order valence-electron chi connectivity index (χ0n) is 19.0. The number of β-lactam (4-membered cyclic amide) rings is 1. The minimum atomic E-state index is -1.86. The van der Waals surface area contributed by atoms with Crippen LogP contribution in [0.2, 0.25) is 0 Å². The van der Waals surface area contributed by atoms with Gasteiger partial charge in [-0.2, -0.15) is 0 Å². The number of hydrogen-bond acceptors (Lipinski definition) is 5. The molecule has 6 nitrogen and oxygen atoms in total. The van der Waals surface area contributed by atoms with E-state index in [-0.39, 0.29) is 18.9 Å². The maximum Gasteiger partial charge on any atom is 0.325 e. The molecule has 2 heterocycles. The minimum absolute atomic E-state index is 0.106. The smallest absolute Gasteiger partial charge is 0.325 e. The molecule has 2 aliphatic heterocycles. The van der Waals surface area contributed by atoms with Gasteiger partial charge in [0.25, 0.3) is 0 Å². The first-order valence-corrected chi connectivity index (χ1v) is 13.1. The Balaban J connectivity index is 1.28. The Morgan fingerprint density at radius 2 is 1.61 bits per heavy atom. The third kappa shape index (κ3) is 4.60. The molecule has 0 bridgehead atoms. The predicted octanol–water partition coefficient (Wildman–Crippen LogP) is 4.21. The standard InChI is InChI=1S/C27H23FN2O4S2/c28-25-27(26(33)34,36-20-13-11-19(12-14-20)18-9-5-2-6-10-18)16-30-23(32)22(24(30)35-25)29-21(31)15-17-7-3-1-4-8-17/h1-14,22,24-25H,15-16H2,(H,29,31)(H,33,34)/t22-,24-,25?,27?/m1/s1. The predicted molar refractivity (Wildman–Crippen MR) is 138 cm³/mol. The van der Waals surface area contributed by atoms with Crippen molar-refractivity contribution in [2.24, 2.45) is 0 Å². The van der Waals surface area contributed by atoms with E-state index in [9.17, 15) is 19.5 Å². The van der Waals surface area contributed by atoms with Gasteiger partial charge in [0.1, 0.15) is 11.4 Å². The molecular weight excluding hydrogens is 499 g/mol. The Kier molecular flexibility index (Phi) is 6.77. The van der Waals surface area contributed by atoms with Gasteiger partial charge in [0.05, 0.1) is 13.0 Å². The molecule has 0 saturated carbocycles. The molecule has 0 aromatic heterocycles. The largest absolute Gasteiger partial charge is 0.480 e. The molecule has 2 unspecified atom stereocenters. The third-order valence-corrected chi connectivity index (χ3v) is 9.30. The molecular formula is C27H23FN2O4S2. The van der Waals surface area contributed by atoms with E-state index in [0.717, 1.165) is 40.2 Å². The zero-order valence-corrected chi connectivity index (χ0v) is 20.7. The maximum atomic E-state index is 15.5. The summed E-state index contributed by atoms with van der Waals surface area (Å²) in [7, 11) is 0. The summed E-state index contributed by atoms with van der Waals surface area (Å²) >= 11 is 1.69. The number of halogens is 1. The van der Waals surface area contributed by atoms with Gasteiger partial charge in [-0.3, -0.25) is 14.4 Å². The van der Waals surface area contributed by atoms with Crippen molar-refractivity contribution in [3.63, 3.8) is 0 Å². The van der Waals surface area contributed by atoms with Crippen LogP contribution in [0.4, 0.5) is 4.39 Å². The summed E-state index contributed by atoms with van der Waals surface area (Å²) < 4.78 is 13.7. The first-order valence-electron chi connectivity index (χ1n) is 11.4. The van der Waals surface area contributed by atoms with Crippen molar-refractivity contribution < 1.29 is 23.9 Å². The summed E-state index contributed by atoms with van der Waals surface area (Å²) in [4.78, 5) is 39.6. The van der Waals surface area contributed by atoms with Crippen molar-refractivity contribution in [2.45, 2.75) is 33.0 Å². The summed E-state index contributed by atoms with van der Waals surface area (Å²) in [6.45, 7) is -0.282. The highest BCUT2D eigenvalue weighted by molar-refractivity contribution is 8.05. The van der Waals surface area contributed by atoms with E-state index in [4.69, 9.17) is 0 Å². The Bertz CT molecular complexity index is 1280. The number of nitrogens with zero attached hydrogens (tertiary/aromatic N) is 1. The number of amides is 2. The monoisotopic (exact) mass is 522 g/mol. The Labute approximate surface area is 216 Å². The van der Waals surface area contributed by atoms with Crippen molar-refractivity contribution >= 4 is 41.3 Å². The minimum Gasteiger partial charge on any atom is -0.480 e. The molecule has 2 fully saturated rings. The highest BCUT2D eigenvalue weighted by atomic mass is 32.2. The van der Waals surface area contributed by atoms with Crippen molar-refractivity contribution in [3.8, 4) is 11.1 Å². The number of thioether (sulfide) groups is 2. The number of rotatable bonds is 7. The summed E-state index contributed by atoms with van der Waals surface area (Å²) in [5.41, 5.74) is 1.01. The topological polar surface area (TPSA) is 86.7 Å². The van der Waals surface area contributed by atoms with Crippen LogP contribution in [0.25, 0.3) is 11.1 Å². The van der Waals surface area contributed by atoms with E-state index in [1.165, 1.54) is 4.90 Å². The van der Waals surface area contributed by atoms with Gasteiger partial charge in [-0.25, -0.2) is 4.39 Å². The number of hydrogen-bond donors (Lipinski definition) is 2. The molecule has 0 radical (unpaired) electrons. The number of carbonyl (C=O) groups is 3. The molecule has 0 aliphatic carbocycles. The lowest BCUT2D eigenvalue weighted by Gasteiger charge is -2.54. The highest BCUT2D eigenvalue weighted by Crippen LogP contribution is 2.51. The van der Waals surface area contributed by atoms with Gasteiger partial charge in [-0.15, -0.1) is 11.8 Å². The van der Waals surface area contributed by atoms with Crippen LogP contribution >= 0.6 is 23.5 Å². The molecule has 2 aliphatic rings. The fraction of sp³-hybridized carbons (Fsp3) is 0.222. The number of carbonyl (C=O) groups excluding carboxylic acids is 2. The number of carboxylic acid groups (broad SMARTS) is 1. The second kappa shape index (κ2) is 9.99. The Hall–Kier alpha value is -3.30. The van der Waals surface area contributed by atoms with Crippen LogP contribution in [0.3, 0.4) is 0 Å². The van der Waals surface area contributed by atoms with Crippen molar-refractivity contribution in [1.82, 2.24) is 10.2 Å². The maximum absolute atomic E-state index is 15.5. The molecule has 0 spiro atoms. The highest BCUT2D eigenvalue weighted by Gasteiger charge is 2.62. The molecule has 2 saturated heterocycles. The van der Waals surface area contributed by atoms with Crippen LogP contribution < -0.4 is 5.32 Å². The molecule has 3 aromatic carbocycles. The van der Waals surface area contributed by atoms with Gasteiger partial charge in [0.15, 0.2) is 10.3 Å². The lowest BCUT2D eigenvalue weighted by Crippen LogP contribution is -2.75. The SMILES string of the molecule is O=C(Cc1ccccc1)N[C@@H]1C(=O)N2CC(Sc3ccc(-c4ccccc4)cc3)(C(=O)O)C(F)S[C@H]12. The summed E-state index contributed by atoms with van der Waals surface area (Å²) in [6, 6.07) is 25.3. The molecule has 2 amide bonds. The van der Waals surface area contributed by atoms with Crippen LogP contribution in [0.5, 0.6) is 0 Å². The summed E-state index contributed by atoms with van der Waals surface area (Å²) in [5, 5.41) is 12.1. The van der Waals surface area contributed by atoms with E-state index in [2.05, 4.69) is 5.32 Å². The average Bonchev–Trinajstić information content (AvgIpc) is 2.90. The van der Waals surface area contributed by atoms with E-state index in [1.54, 1.807) is 12.1 Å². The number of nitrogens with one attached hydrogen (secondary N) is 1. The fourth-order valence-corrected chi connectivity index (χ4v) is 7.08. The second-order valence-corrected chi connectivity index (χ2v) is 11.3. The number of aliphatic carboxylic acids is 1. The first-order chi connectivity index (χ1) is 17.4. The molecule has 184 valence electrons. The summed E-state index contributed by atoms with van der Waals surface area (Å²) in [5.74, 6) is -2.05. The zero-order chi connectivity index (χ0) is 25.3. The number of fused-ring (bicyclic) bond motifs is 1. The van der Waals surface area contributed by atoms with E-state index < -0.39 is 33.5 Å². The van der Waals surface area contributed by atoms with Gasteiger partial charge in [0.2, 0.25) is 11.8 Å². The van der Waals surface area contributed by atoms with Crippen LogP contribution in [-0.4, -0.2) is 56.0 Å². The van der Waals surface area contributed by atoms with Gasteiger partial charge in [-0.1, -0.05) is 84.6 Å². The van der Waals surface area contributed by atoms with E-state index in [1.807, 2.05) is 72.8 Å². The number of alkyl halides is 1. The lowest BCUT2D eigenvalue weighted by atomic mass is 10.0. The lowest BCUT2D eigenvalue weighted by molar-refractivity contribution is -0.153. The van der Waals surface area contributed by atoms with E-state index in [0.29, 0.717) is 4.90 Å². The van der Waals surface area contributed by atoms with E-state index >= 15 is 4.39 Å². The first kappa shape index (κ1) is 24.4. The van der Waals surface area contributed by atoms with Gasteiger partial charge < -0.3 is 15.3 Å². The van der Waals surface area contributed by atoms with Crippen LogP contribution in [-0.2, 0) is 20.8 Å². The third-order valence-electron chi connectivity index (χ3n) is 6.32. The molecule has 4 atom stereocenters. The quantitative estimate of drug-likeness (QED) is 0.452. The Morgan fingerprint density at radius 3 is 2.25 bits per heavy atom. The van der Waals surface area contributed by atoms with Crippen molar-refractivity contribution in [1.29, 1.82) is 0 Å². The van der Waals surface area contributed by atoms with Crippen molar-refractivity contribution in [2.75, 3.05) is 6.54 Å². The number of carboxylic acids is 1. The normalized spacial score (nSPS) is 25.0. The van der Waals surface area contributed by atoms with Gasteiger partial charge in [-0.05, 0) is 28.8 Å². The molecule has 36 heavy (non-hydrogen) atoms. The fourth-order valence-electron chi connectivity index (χ4n) is 4.38. The van der Waals surface area contributed by atoms with Crippen molar-refractivity contribution in [3.05, 3.63) is 90.5 Å². The van der Waals surface area contributed by atoms with Crippen LogP contribution in [0.15, 0.2) is 89.8 Å². The van der Waals surface area contributed by atoms with Gasteiger partial charge >= 0.3 is 5.97 Å². The second-order valence-electron chi connectivity index (χ2n) is 8.70. The molecule has 9 heteroatoms. The molecule has 5 rings (SSSR count). The van der Waals surface area contributed by atoms with Gasteiger partial charge in [0, 0.05) is 4.90 Å². The Morgan fingerprint density at radius 1 is 1.00 bits per heavy atom. The molecule has 2 N–H and O–H groups in total. The molecule has 3 aromatic rings. The average molecular weight is 523 g/mol. The number of benzene rings is 3. The van der Waals surface area contributed by atoms with Crippen LogP contribution in [0, 0.1) is 0 Å². The summed E-state index contributed by atoms with van der Waals surface area (Å²) in [6.07, 6.45) is 0.106.